The molecule has 2 heterocycles. The summed E-state index contributed by atoms with van der Waals surface area (Å²) < 4.78 is 5.36. The smallest absolute Gasteiger partial charge is 0.241 e. The van der Waals surface area contributed by atoms with Gasteiger partial charge in [-0.05, 0) is 85.1 Å². The molecule has 1 amide bonds. The third-order valence-corrected chi connectivity index (χ3v) is 8.98. The Morgan fingerprint density at radius 3 is 1.86 bits per heavy atom. The Hall–Kier alpha value is -5.50. The highest BCUT2D eigenvalue weighted by atomic mass is 35.5. The molecule has 0 spiro atoms. The van der Waals surface area contributed by atoms with Gasteiger partial charge in [-0.3, -0.25) is 4.79 Å². The molecule has 0 unspecified atom stereocenters. The quantitative estimate of drug-likeness (QED) is 0.0535. The fourth-order valence-corrected chi connectivity index (χ4v) is 5.96. The van der Waals surface area contributed by atoms with Crippen LogP contribution in [0, 0.1) is 6.92 Å². The van der Waals surface area contributed by atoms with Gasteiger partial charge in [0.1, 0.15) is 11.6 Å². The van der Waals surface area contributed by atoms with Gasteiger partial charge in [0.05, 0.1) is 18.4 Å². The molecule has 0 aliphatic carbocycles. The van der Waals surface area contributed by atoms with E-state index < -0.39 is 0 Å². The molecule has 4 aromatic carbocycles. The second-order valence-electron chi connectivity index (χ2n) is 12.8. The molecule has 13 nitrogen and oxygen atoms in total. The van der Waals surface area contributed by atoms with Crippen molar-refractivity contribution in [1.29, 1.82) is 0 Å². The van der Waals surface area contributed by atoms with Crippen LogP contribution in [0.25, 0.3) is 10.8 Å². The number of aromatic nitrogens is 6. The predicted molar refractivity (Wildman–Crippen MR) is 239 cm³/mol. The van der Waals surface area contributed by atoms with E-state index in [9.17, 15) is 4.79 Å². The molecule has 0 saturated carbocycles. The first-order valence-corrected chi connectivity index (χ1v) is 20.6. The lowest BCUT2D eigenvalue weighted by Crippen LogP contribution is -2.32. The van der Waals surface area contributed by atoms with E-state index >= 15 is 0 Å². The Balaban J connectivity index is 0.000000193. The normalized spacial score (nSPS) is 10.4. The summed E-state index contributed by atoms with van der Waals surface area (Å²) in [6.07, 6.45) is 5.96. The van der Waals surface area contributed by atoms with Gasteiger partial charge >= 0.3 is 0 Å². The molecule has 0 atom stereocenters. The summed E-state index contributed by atoms with van der Waals surface area (Å²) in [5, 5.41) is 8.45. The highest BCUT2D eigenvalue weighted by Crippen LogP contribution is 2.22. The number of carbonyl (C=O) groups is 1. The fourth-order valence-electron chi connectivity index (χ4n) is 5.57. The molecule has 6 rings (SSSR count). The fraction of sp³-hybridized carbons (Fsp3) is 0.310. The Bertz CT molecular complexity index is 2180. The largest absolute Gasteiger partial charge is 0.494 e. The van der Waals surface area contributed by atoms with E-state index in [-0.39, 0.29) is 35.4 Å². The van der Waals surface area contributed by atoms with Crippen LogP contribution in [0.4, 0.5) is 40.9 Å². The van der Waals surface area contributed by atoms with Gasteiger partial charge in [-0.25, -0.2) is 0 Å². The minimum atomic E-state index is -0.0113. The molecular formula is C42H50Cl3N11O2. The number of ether oxygens (including phenoxy) is 1. The van der Waals surface area contributed by atoms with Crippen LogP contribution in [0.2, 0.25) is 0 Å². The number of nitrogen functional groups attached to an aromatic ring is 2. The Morgan fingerprint density at radius 2 is 1.28 bits per heavy atom. The first-order chi connectivity index (χ1) is 28.1. The van der Waals surface area contributed by atoms with Crippen LogP contribution in [0.3, 0.4) is 0 Å². The second kappa shape index (κ2) is 24.3. The lowest BCUT2D eigenvalue weighted by molar-refractivity contribution is -0.116. The minimum Gasteiger partial charge on any atom is -0.494 e. The number of amides is 1. The number of hydrogen-bond donors (Lipinski definition) is 4. The van der Waals surface area contributed by atoms with E-state index in [1.54, 1.807) is 0 Å². The maximum atomic E-state index is 11.9. The zero-order valence-corrected chi connectivity index (χ0v) is 35.2. The van der Waals surface area contributed by atoms with Crippen LogP contribution in [0.1, 0.15) is 63.2 Å². The molecule has 58 heavy (non-hydrogen) atoms. The number of hydrogen-bond acceptors (Lipinski definition) is 12. The maximum Gasteiger partial charge on any atom is 0.241 e. The number of nitrogens with one attached hydrogen (secondary N) is 2. The molecule has 0 aliphatic heterocycles. The number of carbonyl (C=O) groups excluding carboxylic acids is 1. The number of unbranched alkanes of at least 4 members (excludes halogenated alkanes) is 4. The lowest BCUT2D eigenvalue weighted by Gasteiger charge is -2.22. The zero-order chi connectivity index (χ0) is 41.7. The lowest BCUT2D eigenvalue weighted by atomic mass is 10.1. The zero-order valence-electron chi connectivity index (χ0n) is 33.0. The van der Waals surface area contributed by atoms with Crippen molar-refractivity contribution < 1.29 is 9.53 Å². The van der Waals surface area contributed by atoms with E-state index in [1.807, 2.05) is 104 Å². The highest BCUT2D eigenvalue weighted by molar-refractivity contribution is 6.29. The Labute approximate surface area is 355 Å². The molecule has 16 heteroatoms. The maximum absolute atomic E-state index is 11.9. The Morgan fingerprint density at radius 1 is 0.672 bits per heavy atom. The number of rotatable bonds is 16. The molecule has 0 bridgehead atoms. The van der Waals surface area contributed by atoms with Crippen molar-refractivity contribution in [3.63, 3.8) is 0 Å². The summed E-state index contributed by atoms with van der Waals surface area (Å²) in [4.78, 5) is 37.9. The molecular weight excluding hydrogens is 797 g/mol. The predicted octanol–water partition coefficient (Wildman–Crippen LogP) is 9.96. The summed E-state index contributed by atoms with van der Waals surface area (Å²) in [6.45, 7) is 7.58. The standard InChI is InChI=1S/C16H24ClNO.C14H12ClN5.C12H14ClN5O/c1-3-4-5-6-7-11-18(16(19)13-17)15-10-8-9-14(2)12-15;15-8-12-18-13(16)20-14(19-12)17-11-6-5-9-3-1-2-4-10(9)7-11;1-2-19-9-5-3-8(4-6-9)15-12-17-10(7-13)16-11(14)18-12/h8-10,12H,3-7,11,13H2,1-2H3;1-7H,8H2,(H3,16,17,18,19,20);3-6H,2,7H2,1H3,(H3,14,15,16,17,18). The van der Waals surface area contributed by atoms with Crippen LogP contribution in [-0.4, -0.2) is 54.8 Å². The van der Waals surface area contributed by atoms with Crippen LogP contribution >= 0.6 is 34.8 Å². The van der Waals surface area contributed by atoms with Crippen molar-refractivity contribution in [2.75, 3.05) is 46.0 Å². The van der Waals surface area contributed by atoms with Crippen LogP contribution in [0.5, 0.6) is 5.75 Å². The van der Waals surface area contributed by atoms with Gasteiger partial charge in [0, 0.05) is 23.6 Å². The Kier molecular flexibility index (Phi) is 18.9. The van der Waals surface area contributed by atoms with Gasteiger partial charge in [0.25, 0.3) is 0 Å². The highest BCUT2D eigenvalue weighted by Gasteiger charge is 2.14. The van der Waals surface area contributed by atoms with Crippen LogP contribution in [0.15, 0.2) is 91.0 Å². The van der Waals surface area contributed by atoms with E-state index in [1.165, 1.54) is 31.1 Å². The summed E-state index contributed by atoms with van der Waals surface area (Å²) in [5.41, 5.74) is 15.0. The average Bonchev–Trinajstić information content (AvgIpc) is 3.22. The van der Waals surface area contributed by atoms with E-state index in [0.717, 1.165) is 46.7 Å². The van der Waals surface area contributed by atoms with Crippen molar-refractivity contribution in [3.8, 4) is 5.75 Å². The number of fused-ring (bicyclic) bond motifs is 1. The molecule has 6 N–H and O–H groups in total. The molecule has 0 fully saturated rings. The van der Waals surface area contributed by atoms with Crippen molar-refractivity contribution in [3.05, 3.63) is 108 Å². The third kappa shape index (κ3) is 15.1. The first kappa shape index (κ1) is 45.2. The topological polar surface area (TPSA) is 183 Å². The van der Waals surface area contributed by atoms with Crippen molar-refractivity contribution >= 4 is 92.3 Å². The molecule has 2 aromatic heterocycles. The molecule has 0 aliphatic rings. The SMILES string of the molecule is CCCCCCCN(C(=O)CCl)c1cccc(C)c1.CCOc1ccc(Nc2nc(N)nc(CCl)n2)cc1.Nc1nc(CCl)nc(Nc2ccc3ccccc3c2)n1. The number of aryl methyl sites for hydroxylation is 1. The first-order valence-electron chi connectivity index (χ1n) is 19.0. The minimum absolute atomic E-state index is 0.0113. The van der Waals surface area contributed by atoms with Gasteiger partial charge in [0.15, 0.2) is 11.6 Å². The van der Waals surface area contributed by atoms with Crippen LogP contribution < -0.4 is 31.7 Å². The number of halogens is 3. The molecule has 306 valence electrons. The number of nitrogens with two attached hydrogens (primary N) is 2. The molecule has 0 saturated heterocycles. The summed E-state index contributed by atoms with van der Waals surface area (Å²) in [7, 11) is 0. The summed E-state index contributed by atoms with van der Waals surface area (Å²) in [5.74, 6) is 3.15. The van der Waals surface area contributed by atoms with E-state index in [4.69, 9.17) is 51.0 Å². The number of benzene rings is 4. The van der Waals surface area contributed by atoms with Crippen molar-refractivity contribution in [1.82, 2.24) is 29.9 Å². The van der Waals surface area contributed by atoms with Crippen molar-refractivity contribution in [2.45, 2.75) is 64.6 Å². The monoisotopic (exact) mass is 845 g/mol. The van der Waals surface area contributed by atoms with Gasteiger partial charge in [-0.15, -0.1) is 34.8 Å². The second-order valence-corrected chi connectivity index (χ2v) is 13.6. The van der Waals surface area contributed by atoms with Crippen LogP contribution in [-0.2, 0) is 16.6 Å². The van der Waals surface area contributed by atoms with Crippen molar-refractivity contribution in [2.24, 2.45) is 0 Å². The number of alkyl halides is 3. The van der Waals surface area contributed by atoms with E-state index in [2.05, 4.69) is 53.5 Å². The molecule has 0 radical (unpaired) electrons. The van der Waals surface area contributed by atoms with Gasteiger partial charge in [-0.2, -0.15) is 29.9 Å². The van der Waals surface area contributed by atoms with Gasteiger partial charge in [0.2, 0.25) is 29.7 Å². The number of nitrogens with zero attached hydrogens (tertiary/aromatic N) is 7. The van der Waals surface area contributed by atoms with Gasteiger partial charge in [-0.1, -0.05) is 75.1 Å². The summed E-state index contributed by atoms with van der Waals surface area (Å²) >= 11 is 17.1. The third-order valence-electron chi connectivity index (χ3n) is 8.28. The molecule has 6 aromatic rings. The summed E-state index contributed by atoms with van der Waals surface area (Å²) in [6, 6.07) is 29.6. The average molecular weight is 847 g/mol. The van der Waals surface area contributed by atoms with Gasteiger partial charge < -0.3 is 31.7 Å². The van der Waals surface area contributed by atoms with E-state index in [0.29, 0.717) is 30.2 Å². The number of anilines is 7.